The van der Waals surface area contributed by atoms with Crippen LogP contribution in [0, 0.1) is 17.8 Å². The minimum atomic E-state index is -2.21. The van der Waals surface area contributed by atoms with Crippen LogP contribution in [0.15, 0.2) is 43.0 Å². The number of rotatable bonds is 15. The van der Waals surface area contributed by atoms with Crippen LogP contribution in [0.3, 0.4) is 0 Å². The Hall–Kier alpha value is -2.63. The predicted octanol–water partition coefficient (Wildman–Crippen LogP) is 8.55. The summed E-state index contributed by atoms with van der Waals surface area (Å²) in [6.07, 6.45) is 1.91. The number of carbonyl (C=O) groups excluding carboxylic acids is 3. The average Bonchev–Trinajstić information content (AvgIpc) is 3.79. The Morgan fingerprint density at radius 1 is 0.941 bits per heavy atom. The Labute approximate surface area is 409 Å². The van der Waals surface area contributed by atoms with Crippen LogP contribution in [0.5, 0.6) is 0 Å². The van der Waals surface area contributed by atoms with Gasteiger partial charge in [0.1, 0.15) is 18.5 Å². The number of nitrogens with zero attached hydrogens (tertiary/aromatic N) is 3. The molecule has 16 nitrogen and oxygen atoms in total. The van der Waals surface area contributed by atoms with Crippen LogP contribution >= 0.6 is 0 Å². The maximum Gasteiger partial charge on any atom is 0.420 e. The number of aromatic nitrogens is 2. The van der Waals surface area contributed by atoms with E-state index in [4.69, 9.17) is 46.7 Å². The summed E-state index contributed by atoms with van der Waals surface area (Å²) in [7, 11) is 1.45. The molecule has 1 aromatic heterocycles. The number of hydrogen-bond donors (Lipinski definition) is 0. The normalized spacial score (nSPS) is 39.1. The van der Waals surface area contributed by atoms with Crippen LogP contribution in [0.2, 0.25) is 39.3 Å². The molecule has 0 aromatic carbocycles. The summed E-state index contributed by atoms with van der Waals surface area (Å²) in [5.74, 6) is -3.16. The number of imidazole rings is 1. The highest BCUT2D eigenvalue weighted by Gasteiger charge is 2.54. The summed E-state index contributed by atoms with van der Waals surface area (Å²) in [6.45, 7) is 35.6. The molecule has 18 heteroatoms. The number of Topliss-reactive ketones (excluding diaryl/α,β-unsaturated/α-hetero) is 1. The van der Waals surface area contributed by atoms with E-state index in [0.717, 1.165) is 0 Å². The van der Waals surface area contributed by atoms with Crippen LogP contribution in [-0.2, 0) is 56.3 Å². The molecule has 3 aliphatic rings. The lowest BCUT2D eigenvalue weighted by molar-refractivity contribution is -0.317. The molecule has 3 aliphatic heterocycles. The zero-order valence-corrected chi connectivity index (χ0v) is 46.8. The summed E-state index contributed by atoms with van der Waals surface area (Å²) in [5, 5.41) is 0. The largest absolute Gasteiger partial charge is 0.457 e. The van der Waals surface area contributed by atoms with E-state index in [1.54, 1.807) is 40.0 Å². The molecular weight excluding hydrogens is 907 g/mol. The van der Waals surface area contributed by atoms with Gasteiger partial charge in [0.25, 0.3) is 0 Å². The van der Waals surface area contributed by atoms with Gasteiger partial charge in [-0.05, 0) is 133 Å². The van der Waals surface area contributed by atoms with Crippen molar-refractivity contribution in [2.75, 3.05) is 27.8 Å². The Morgan fingerprint density at radius 3 is 2.13 bits per heavy atom. The maximum absolute atomic E-state index is 15.0. The van der Waals surface area contributed by atoms with E-state index in [-0.39, 0.29) is 43.8 Å². The SMILES string of the molecule is C=CCO[C@]1(C)C[C@@H](C)C(=O)/C(C)=C/[C@](C)(OC(=O)n2ccnc2)[C@@H](CC)OC(=O)[C@H](C)[C@@H](O[C@H]2C[C@](C)(OC)[C@@H](O[Si](C)(C)C)[C@H](C)O2)[C@H](C)[C@H]1O[C@@H]1O[C@H](C)C[C@H](N(C)C)[C@H]1O[Si](C)(C)C. The highest BCUT2D eigenvalue weighted by atomic mass is 28.4. The third-order valence-electron chi connectivity index (χ3n) is 13.6. The molecule has 4 heterocycles. The molecule has 68 heavy (non-hydrogen) atoms. The van der Waals surface area contributed by atoms with Crippen LogP contribution < -0.4 is 0 Å². The maximum atomic E-state index is 15.0. The monoisotopic (exact) mass is 994 g/mol. The molecule has 0 amide bonds. The molecule has 0 saturated carbocycles. The van der Waals surface area contributed by atoms with Gasteiger partial charge in [0.15, 0.2) is 40.6 Å². The number of likely N-dealkylation sites (N-methyl/N-ethyl adjacent to an activating group) is 1. The van der Waals surface area contributed by atoms with Crippen molar-refractivity contribution in [3.63, 3.8) is 0 Å². The number of ketones is 1. The van der Waals surface area contributed by atoms with E-state index in [0.29, 0.717) is 12.0 Å². The van der Waals surface area contributed by atoms with Gasteiger partial charge in [0.05, 0.1) is 54.2 Å². The van der Waals surface area contributed by atoms with E-state index in [1.165, 1.54) is 23.3 Å². The summed E-state index contributed by atoms with van der Waals surface area (Å²) in [5.41, 5.74) is -3.35. The zero-order valence-electron chi connectivity index (χ0n) is 44.8. The smallest absolute Gasteiger partial charge is 0.420 e. The van der Waals surface area contributed by atoms with Crippen molar-refractivity contribution in [3.8, 4) is 0 Å². The number of esters is 1. The highest BCUT2D eigenvalue weighted by molar-refractivity contribution is 6.70. The summed E-state index contributed by atoms with van der Waals surface area (Å²) < 4.78 is 68.7. The van der Waals surface area contributed by atoms with Gasteiger partial charge in [-0.25, -0.2) is 14.3 Å². The first-order valence-electron chi connectivity index (χ1n) is 24.5. The summed E-state index contributed by atoms with van der Waals surface area (Å²) in [4.78, 5) is 49.6. The minimum absolute atomic E-state index is 0.0581. The molecule has 0 unspecified atom stereocenters. The van der Waals surface area contributed by atoms with Gasteiger partial charge in [0.2, 0.25) is 0 Å². The van der Waals surface area contributed by atoms with Gasteiger partial charge in [-0.1, -0.05) is 26.8 Å². The summed E-state index contributed by atoms with van der Waals surface area (Å²) >= 11 is 0. The molecule has 0 spiro atoms. The number of ether oxygens (including phenoxy) is 8. The van der Waals surface area contributed by atoms with Gasteiger partial charge in [-0.2, -0.15) is 0 Å². The molecule has 16 atom stereocenters. The van der Waals surface area contributed by atoms with Crippen molar-refractivity contribution < 1.29 is 61.1 Å². The lowest BCUT2D eigenvalue weighted by atomic mass is 9.76. The Morgan fingerprint density at radius 2 is 1.59 bits per heavy atom. The first-order valence-corrected chi connectivity index (χ1v) is 31.3. The van der Waals surface area contributed by atoms with E-state index in [1.807, 2.05) is 62.6 Å². The second kappa shape index (κ2) is 23.3. The third-order valence-corrected chi connectivity index (χ3v) is 15.5. The fraction of sp³-hybridized carbons (Fsp3) is 0.800. The Balaban J connectivity index is 1.98. The molecular formula is C50H87N3O13Si2. The number of carbonyl (C=O) groups is 3. The van der Waals surface area contributed by atoms with Crippen molar-refractivity contribution in [3.05, 3.63) is 43.0 Å². The lowest BCUT2D eigenvalue weighted by Gasteiger charge is -2.51. The Kier molecular flexibility index (Phi) is 19.8. The lowest BCUT2D eigenvalue weighted by Crippen LogP contribution is -2.62. The van der Waals surface area contributed by atoms with E-state index in [9.17, 15) is 9.59 Å². The van der Waals surface area contributed by atoms with Crippen molar-refractivity contribution in [2.45, 2.75) is 212 Å². The van der Waals surface area contributed by atoms with Crippen LogP contribution in [0.4, 0.5) is 4.79 Å². The van der Waals surface area contributed by atoms with Crippen LogP contribution in [0.1, 0.15) is 94.9 Å². The highest BCUT2D eigenvalue weighted by Crippen LogP contribution is 2.43. The third kappa shape index (κ3) is 14.5. The first-order chi connectivity index (χ1) is 31.4. The molecule has 2 saturated heterocycles. The van der Waals surface area contributed by atoms with Crippen molar-refractivity contribution in [2.24, 2.45) is 17.8 Å². The fourth-order valence-corrected chi connectivity index (χ4v) is 12.5. The number of hydrogen-bond acceptors (Lipinski definition) is 15. The van der Waals surface area contributed by atoms with Gasteiger partial charge < -0.3 is 51.6 Å². The van der Waals surface area contributed by atoms with E-state index < -0.39 is 112 Å². The minimum Gasteiger partial charge on any atom is -0.457 e. The van der Waals surface area contributed by atoms with E-state index >= 15 is 4.79 Å². The Bertz CT molecular complexity index is 1870. The molecule has 1 aromatic rings. The topological polar surface area (TPSA) is 165 Å². The van der Waals surface area contributed by atoms with Gasteiger partial charge >= 0.3 is 12.1 Å². The van der Waals surface area contributed by atoms with Crippen molar-refractivity contribution in [1.29, 1.82) is 0 Å². The molecule has 0 bridgehead atoms. The zero-order chi connectivity index (χ0) is 51.3. The van der Waals surface area contributed by atoms with Gasteiger partial charge in [-0.3, -0.25) is 9.59 Å². The van der Waals surface area contributed by atoms with Gasteiger partial charge in [-0.15, -0.1) is 6.58 Å². The van der Waals surface area contributed by atoms with Crippen molar-refractivity contribution in [1.82, 2.24) is 14.5 Å². The van der Waals surface area contributed by atoms with E-state index in [2.05, 4.69) is 55.7 Å². The average molecular weight is 994 g/mol. The van der Waals surface area contributed by atoms with Crippen LogP contribution in [0.25, 0.3) is 0 Å². The predicted molar refractivity (Wildman–Crippen MR) is 265 cm³/mol. The van der Waals surface area contributed by atoms with Crippen molar-refractivity contribution >= 4 is 34.5 Å². The molecule has 0 radical (unpaired) electrons. The standard InChI is InChI=1S/C50H87N3O13Si2/c1-21-25-58-50(11)28-32(4)40(54)31(3)27-48(9,64-47(56)53-24-23-51-30-53)38(22-2)61-45(55)35(7)41(62-39-29-49(10,57-14)44(36(8)60-39)66-68(18,19)20)34(6)43(50)63-46-42(65-67(15,16)17)37(52(12)13)26-33(5)59-46/h21,23-24,27,30,32-39,41-44,46H,1,22,25-26,28-29H2,2-20H3/b31-27+/t32-,33-,34+,35-,36+,37+,38-,39+,41+,42-,43-,44+,46+,48+,49+,50-/m1/s1. The molecule has 388 valence electrons. The fourth-order valence-electron chi connectivity index (χ4n) is 10.3. The molecule has 4 rings (SSSR count). The van der Waals surface area contributed by atoms with Crippen LogP contribution in [-0.4, -0.2) is 155 Å². The summed E-state index contributed by atoms with van der Waals surface area (Å²) in [6, 6.07) is -0.0581. The number of allylic oxidation sites excluding steroid dienone is 1. The molecule has 2 fully saturated rings. The first kappa shape index (κ1) is 57.9. The molecule has 0 N–H and O–H groups in total. The van der Waals surface area contributed by atoms with Gasteiger partial charge in [0, 0.05) is 43.8 Å². The quantitative estimate of drug-likeness (QED) is 0.0932. The second-order valence-corrected chi connectivity index (χ2v) is 31.2. The number of cyclic esters (lactones) is 1. The molecule has 0 aliphatic carbocycles. The second-order valence-electron chi connectivity index (χ2n) is 22.3. The number of methoxy groups -OCH3 is 1.